The molecule has 3 atom stereocenters. The maximum absolute atomic E-state index is 14.1. The number of nitrogens with one attached hydrogen (secondary N) is 3. The van der Waals surface area contributed by atoms with Crippen LogP contribution < -0.4 is 16.0 Å². The van der Waals surface area contributed by atoms with Crippen molar-refractivity contribution >= 4 is 46.7 Å². The van der Waals surface area contributed by atoms with Crippen LogP contribution in [0.3, 0.4) is 0 Å². The number of Topliss-reactive ketones (excluding diaryl/α,β-unsaturated/α-hetero) is 1. The van der Waals surface area contributed by atoms with Crippen molar-refractivity contribution < 1.29 is 46.3 Å². The maximum atomic E-state index is 14.1. The molecule has 1 saturated carbocycles. The van der Waals surface area contributed by atoms with E-state index in [9.17, 15) is 41.5 Å². The van der Waals surface area contributed by atoms with Crippen LogP contribution in [0.4, 0.5) is 23.2 Å². The monoisotopic (exact) mass is 576 g/mol. The first-order valence-electron chi connectivity index (χ1n) is 12.2. The first-order valence-corrected chi connectivity index (χ1v) is 12.5. The van der Waals surface area contributed by atoms with Crippen LogP contribution in [0.5, 0.6) is 0 Å². The van der Waals surface area contributed by atoms with Gasteiger partial charge in [-0.1, -0.05) is 17.7 Å². The molecule has 2 heterocycles. The van der Waals surface area contributed by atoms with Gasteiger partial charge in [-0.05, 0) is 49.7 Å². The molecule has 4 rings (SSSR count). The number of para-hydroxylation sites is 1. The molecule has 0 bridgehead atoms. The minimum absolute atomic E-state index is 0.0448. The highest BCUT2D eigenvalue weighted by molar-refractivity contribution is 6.41. The van der Waals surface area contributed by atoms with Gasteiger partial charge in [-0.3, -0.25) is 28.7 Å². The number of ketones is 1. The molecule has 10 nitrogen and oxygen atoms in total. The maximum Gasteiger partial charge on any atom is 0.522 e. The standard InChI is InChI=1S/C24H25ClF4N4O6/c25-13-2-1-3-14(26)18(13)32-21(37)22(38)33-11-23(5-6-23)9-16(33)20(36)31-15(8-12-4-7-30-19(12)35)17(34)10-39-24(27,28)29/h1-3,12,15-16H,4-11H2,(H,30,35)(H,31,36)(H,32,37)/t12-,15?,16-/m0/s1. The zero-order chi connectivity index (χ0) is 28.5. The van der Waals surface area contributed by atoms with E-state index in [1.807, 2.05) is 0 Å². The van der Waals surface area contributed by atoms with Crippen LogP contribution in [0.1, 0.15) is 32.1 Å². The number of alkyl halides is 3. The number of anilines is 1. The van der Waals surface area contributed by atoms with Gasteiger partial charge in [-0.2, -0.15) is 0 Å². The highest BCUT2D eigenvalue weighted by Crippen LogP contribution is 2.54. The van der Waals surface area contributed by atoms with Gasteiger partial charge in [0.2, 0.25) is 11.8 Å². The van der Waals surface area contributed by atoms with Crippen molar-refractivity contribution in [3.63, 3.8) is 0 Å². The quantitative estimate of drug-likeness (QED) is 0.320. The molecule has 1 aromatic carbocycles. The van der Waals surface area contributed by atoms with Gasteiger partial charge in [0.05, 0.1) is 16.8 Å². The lowest BCUT2D eigenvalue weighted by atomic mass is 9.95. The number of carbonyl (C=O) groups excluding carboxylic acids is 5. The van der Waals surface area contributed by atoms with E-state index in [4.69, 9.17) is 11.6 Å². The predicted molar refractivity (Wildman–Crippen MR) is 127 cm³/mol. The summed E-state index contributed by atoms with van der Waals surface area (Å²) in [5.41, 5.74) is -0.832. The minimum Gasteiger partial charge on any atom is -0.356 e. The summed E-state index contributed by atoms with van der Waals surface area (Å²) in [6.45, 7) is -1.03. The summed E-state index contributed by atoms with van der Waals surface area (Å²) < 4.78 is 55.3. The normalized spacial score (nSPS) is 22.4. The Bertz CT molecular complexity index is 1170. The van der Waals surface area contributed by atoms with Gasteiger partial charge in [-0.25, -0.2) is 4.39 Å². The number of hydrogen-bond acceptors (Lipinski definition) is 6. The summed E-state index contributed by atoms with van der Waals surface area (Å²) in [6.07, 6.45) is -3.54. The van der Waals surface area contributed by atoms with Crippen LogP contribution in [0.2, 0.25) is 5.02 Å². The molecule has 3 aliphatic rings. The van der Waals surface area contributed by atoms with Crippen LogP contribution in [-0.2, 0) is 28.7 Å². The molecule has 0 aromatic heterocycles. The summed E-state index contributed by atoms with van der Waals surface area (Å²) in [5.74, 6) is -6.37. The van der Waals surface area contributed by atoms with Crippen molar-refractivity contribution in [2.75, 3.05) is 25.0 Å². The molecular formula is C24H25ClF4N4O6. The summed E-state index contributed by atoms with van der Waals surface area (Å²) >= 11 is 5.91. The molecule has 0 radical (unpaired) electrons. The molecule has 39 heavy (non-hydrogen) atoms. The van der Waals surface area contributed by atoms with E-state index in [-0.39, 0.29) is 24.4 Å². The minimum atomic E-state index is -5.09. The van der Waals surface area contributed by atoms with E-state index in [1.165, 1.54) is 12.1 Å². The number of benzene rings is 1. The Morgan fingerprint density at radius 3 is 2.54 bits per heavy atom. The van der Waals surface area contributed by atoms with E-state index in [0.717, 1.165) is 11.0 Å². The van der Waals surface area contributed by atoms with E-state index in [2.05, 4.69) is 20.7 Å². The van der Waals surface area contributed by atoms with E-state index < -0.39 is 77.3 Å². The zero-order valence-electron chi connectivity index (χ0n) is 20.4. The molecule has 1 unspecified atom stereocenters. The van der Waals surface area contributed by atoms with Gasteiger partial charge < -0.3 is 20.9 Å². The van der Waals surface area contributed by atoms with Gasteiger partial charge in [0.15, 0.2) is 5.78 Å². The first kappa shape index (κ1) is 28.7. The molecule has 1 aromatic rings. The Morgan fingerprint density at radius 1 is 1.23 bits per heavy atom. The van der Waals surface area contributed by atoms with Crippen LogP contribution in [-0.4, -0.2) is 72.5 Å². The molecule has 15 heteroatoms. The average Bonchev–Trinajstić information content (AvgIpc) is 3.33. The van der Waals surface area contributed by atoms with Gasteiger partial charge in [-0.15, -0.1) is 13.2 Å². The lowest BCUT2D eigenvalue weighted by Crippen LogP contribution is -2.53. The van der Waals surface area contributed by atoms with Gasteiger partial charge in [0.25, 0.3) is 0 Å². The number of nitrogens with zero attached hydrogens (tertiary/aromatic N) is 1. The number of carbonyl (C=O) groups is 5. The van der Waals surface area contributed by atoms with Crippen LogP contribution in [0.25, 0.3) is 0 Å². The summed E-state index contributed by atoms with van der Waals surface area (Å²) in [6, 6.07) is 0.909. The van der Waals surface area contributed by atoms with Crippen LogP contribution >= 0.6 is 11.6 Å². The van der Waals surface area contributed by atoms with Crippen molar-refractivity contribution in [3.05, 3.63) is 29.0 Å². The Balaban J connectivity index is 1.49. The largest absolute Gasteiger partial charge is 0.522 e. The predicted octanol–water partition coefficient (Wildman–Crippen LogP) is 1.92. The van der Waals surface area contributed by atoms with Crippen molar-refractivity contribution in [2.45, 2.75) is 50.6 Å². The fraction of sp³-hybridized carbons (Fsp3) is 0.542. The molecule has 1 spiro atoms. The van der Waals surface area contributed by atoms with Crippen molar-refractivity contribution in [1.29, 1.82) is 0 Å². The number of amides is 4. The molecule has 4 amide bonds. The number of likely N-dealkylation sites (tertiary alicyclic amines) is 1. The third-order valence-corrected chi connectivity index (χ3v) is 7.51. The Labute approximate surface area is 224 Å². The Morgan fingerprint density at radius 2 is 1.95 bits per heavy atom. The van der Waals surface area contributed by atoms with Crippen molar-refractivity contribution in [2.24, 2.45) is 11.3 Å². The molecule has 2 aliphatic heterocycles. The van der Waals surface area contributed by atoms with Crippen LogP contribution in [0.15, 0.2) is 18.2 Å². The van der Waals surface area contributed by atoms with E-state index in [0.29, 0.717) is 25.8 Å². The summed E-state index contributed by atoms with van der Waals surface area (Å²) in [4.78, 5) is 64.7. The second-order valence-corrected chi connectivity index (χ2v) is 10.4. The fourth-order valence-electron chi connectivity index (χ4n) is 4.90. The molecule has 3 N–H and O–H groups in total. The first-order chi connectivity index (χ1) is 18.3. The summed E-state index contributed by atoms with van der Waals surface area (Å²) in [5, 5.41) is 6.90. The third-order valence-electron chi connectivity index (χ3n) is 7.19. The summed E-state index contributed by atoms with van der Waals surface area (Å²) in [7, 11) is 0. The Hall–Kier alpha value is -3.26. The lowest BCUT2D eigenvalue weighted by Gasteiger charge is -2.26. The van der Waals surface area contributed by atoms with Gasteiger partial charge in [0.1, 0.15) is 18.5 Å². The molecule has 2 saturated heterocycles. The molecular weight excluding hydrogens is 552 g/mol. The zero-order valence-corrected chi connectivity index (χ0v) is 21.2. The fourth-order valence-corrected chi connectivity index (χ4v) is 5.11. The number of ether oxygens (including phenoxy) is 1. The molecule has 1 aliphatic carbocycles. The second kappa shape index (κ2) is 11.1. The number of halogens is 5. The Kier molecular flexibility index (Phi) is 8.17. The van der Waals surface area contributed by atoms with Crippen LogP contribution in [0, 0.1) is 17.2 Å². The van der Waals surface area contributed by atoms with Gasteiger partial charge >= 0.3 is 18.2 Å². The van der Waals surface area contributed by atoms with Crippen molar-refractivity contribution in [1.82, 2.24) is 15.5 Å². The topological polar surface area (TPSA) is 134 Å². The second-order valence-electron chi connectivity index (χ2n) is 9.98. The SMILES string of the molecule is O=C(Nc1c(F)cccc1Cl)C(=O)N1CC2(CC2)C[C@H]1C(=O)NC(C[C@@H]1CCNC1=O)C(=O)COC(F)(F)F. The average molecular weight is 577 g/mol. The van der Waals surface area contributed by atoms with Gasteiger partial charge in [0, 0.05) is 19.0 Å². The third kappa shape index (κ3) is 6.85. The van der Waals surface area contributed by atoms with Crippen molar-refractivity contribution in [3.8, 4) is 0 Å². The van der Waals surface area contributed by atoms with E-state index >= 15 is 0 Å². The highest BCUT2D eigenvalue weighted by Gasteiger charge is 2.56. The number of hydrogen-bond donors (Lipinski definition) is 3. The smallest absolute Gasteiger partial charge is 0.356 e. The van der Waals surface area contributed by atoms with E-state index in [1.54, 1.807) is 0 Å². The lowest BCUT2D eigenvalue weighted by molar-refractivity contribution is -0.321. The molecule has 212 valence electrons. The number of rotatable bonds is 8. The molecule has 3 fully saturated rings. The highest BCUT2D eigenvalue weighted by atomic mass is 35.5.